The number of aryl methyl sites for hydroxylation is 1. The number of carbonyl (C=O) groups excluding carboxylic acids is 1. The number of ether oxygens (including phenoxy) is 1. The van der Waals surface area contributed by atoms with Gasteiger partial charge in [-0.25, -0.2) is 4.99 Å². The molecule has 104 valence electrons. The highest BCUT2D eigenvalue weighted by atomic mass is 16.5. The SMILES string of the molecule is C=O.CCc1ccccc1N=C(OC)c1ccccc1. The van der Waals surface area contributed by atoms with Crippen LogP contribution in [0.1, 0.15) is 18.1 Å². The van der Waals surface area contributed by atoms with Crippen molar-refractivity contribution < 1.29 is 9.53 Å². The second kappa shape index (κ2) is 8.64. The molecule has 20 heavy (non-hydrogen) atoms. The lowest BCUT2D eigenvalue weighted by molar-refractivity contribution is -0.0979. The first kappa shape index (κ1) is 15.6. The fourth-order valence-electron chi connectivity index (χ4n) is 1.84. The minimum Gasteiger partial charge on any atom is -0.481 e. The summed E-state index contributed by atoms with van der Waals surface area (Å²) in [6.07, 6.45) is 0.964. The molecule has 3 nitrogen and oxygen atoms in total. The van der Waals surface area contributed by atoms with Gasteiger partial charge in [-0.3, -0.25) is 0 Å². The molecule has 0 unspecified atom stereocenters. The molecule has 0 bridgehead atoms. The molecule has 0 aliphatic carbocycles. The molecule has 0 spiro atoms. The summed E-state index contributed by atoms with van der Waals surface area (Å²) in [6.45, 7) is 4.13. The first-order valence-electron chi connectivity index (χ1n) is 6.40. The van der Waals surface area contributed by atoms with E-state index in [4.69, 9.17) is 9.53 Å². The molecular weight excluding hydrogens is 250 g/mol. The molecule has 0 amide bonds. The Morgan fingerprint density at radius 3 is 2.25 bits per heavy atom. The standard InChI is InChI=1S/C16H17NO.CH2O/c1-3-13-9-7-8-12-15(13)17-16(18-2)14-10-5-4-6-11-14;1-2/h4-12H,3H2,1-2H3;1H2. The van der Waals surface area contributed by atoms with Crippen molar-refractivity contribution in [1.29, 1.82) is 0 Å². The molecule has 0 aromatic heterocycles. The Bertz CT molecular complexity index is 550. The van der Waals surface area contributed by atoms with E-state index in [0.29, 0.717) is 5.90 Å². The first-order valence-corrected chi connectivity index (χ1v) is 6.40. The second-order valence-corrected chi connectivity index (χ2v) is 3.97. The van der Waals surface area contributed by atoms with Crippen molar-refractivity contribution >= 4 is 18.4 Å². The second-order valence-electron chi connectivity index (χ2n) is 3.97. The van der Waals surface area contributed by atoms with Crippen molar-refractivity contribution in [3.8, 4) is 0 Å². The lowest BCUT2D eigenvalue weighted by atomic mass is 10.1. The Hall–Kier alpha value is -2.42. The van der Waals surface area contributed by atoms with Crippen molar-refractivity contribution in [3.05, 3.63) is 65.7 Å². The molecule has 0 aliphatic rings. The molecule has 0 fully saturated rings. The summed E-state index contributed by atoms with van der Waals surface area (Å²) in [5.41, 5.74) is 3.19. The molecule has 0 radical (unpaired) electrons. The highest BCUT2D eigenvalue weighted by Crippen LogP contribution is 2.20. The lowest BCUT2D eigenvalue weighted by Crippen LogP contribution is -2.02. The predicted molar refractivity (Wildman–Crippen MR) is 82.6 cm³/mol. The Kier molecular flexibility index (Phi) is 6.76. The third-order valence-corrected chi connectivity index (χ3v) is 2.81. The van der Waals surface area contributed by atoms with Crippen molar-refractivity contribution in [3.63, 3.8) is 0 Å². The van der Waals surface area contributed by atoms with E-state index < -0.39 is 0 Å². The smallest absolute Gasteiger partial charge is 0.221 e. The predicted octanol–water partition coefficient (Wildman–Crippen LogP) is 3.79. The Labute approximate surface area is 119 Å². The Balaban J connectivity index is 0.000000956. The molecule has 0 heterocycles. The van der Waals surface area contributed by atoms with Gasteiger partial charge in [0.2, 0.25) is 5.90 Å². The third kappa shape index (κ3) is 4.05. The van der Waals surface area contributed by atoms with Crippen molar-refractivity contribution in [1.82, 2.24) is 0 Å². The van der Waals surface area contributed by atoms with Crippen LogP contribution in [0.15, 0.2) is 59.6 Å². The van der Waals surface area contributed by atoms with Crippen LogP contribution in [0.3, 0.4) is 0 Å². The molecule has 0 saturated carbocycles. The van der Waals surface area contributed by atoms with Crippen molar-refractivity contribution in [2.75, 3.05) is 7.11 Å². The lowest BCUT2D eigenvalue weighted by Gasteiger charge is -2.07. The van der Waals surface area contributed by atoms with E-state index in [9.17, 15) is 0 Å². The molecule has 2 aromatic carbocycles. The van der Waals surface area contributed by atoms with Gasteiger partial charge in [-0.1, -0.05) is 43.3 Å². The average Bonchev–Trinajstić information content (AvgIpc) is 2.55. The van der Waals surface area contributed by atoms with Crippen LogP contribution in [0.25, 0.3) is 0 Å². The van der Waals surface area contributed by atoms with E-state index in [0.717, 1.165) is 17.7 Å². The summed E-state index contributed by atoms with van der Waals surface area (Å²) < 4.78 is 5.39. The summed E-state index contributed by atoms with van der Waals surface area (Å²) >= 11 is 0. The van der Waals surface area contributed by atoms with Crippen LogP contribution < -0.4 is 0 Å². The average molecular weight is 269 g/mol. The van der Waals surface area contributed by atoms with E-state index in [1.807, 2.05) is 55.3 Å². The number of methoxy groups -OCH3 is 1. The number of benzene rings is 2. The number of hydrogen-bond acceptors (Lipinski definition) is 3. The van der Waals surface area contributed by atoms with Gasteiger partial charge in [0.15, 0.2) is 0 Å². The molecule has 2 aromatic rings. The number of para-hydroxylation sites is 1. The maximum Gasteiger partial charge on any atom is 0.221 e. The Morgan fingerprint density at radius 2 is 1.65 bits per heavy atom. The van der Waals surface area contributed by atoms with Crippen LogP contribution >= 0.6 is 0 Å². The van der Waals surface area contributed by atoms with E-state index in [2.05, 4.69) is 18.0 Å². The minimum absolute atomic E-state index is 0.650. The van der Waals surface area contributed by atoms with Crippen LogP contribution in [0.2, 0.25) is 0 Å². The summed E-state index contributed by atoms with van der Waals surface area (Å²) in [5.74, 6) is 0.650. The van der Waals surface area contributed by atoms with Gasteiger partial charge in [-0.15, -0.1) is 0 Å². The van der Waals surface area contributed by atoms with Gasteiger partial charge in [0, 0.05) is 5.56 Å². The molecule has 0 N–H and O–H groups in total. The van der Waals surface area contributed by atoms with Gasteiger partial charge in [-0.05, 0) is 30.2 Å². The topological polar surface area (TPSA) is 38.7 Å². The zero-order chi connectivity index (χ0) is 14.8. The highest BCUT2D eigenvalue weighted by molar-refractivity contribution is 5.95. The van der Waals surface area contributed by atoms with Crippen LogP contribution in [0.4, 0.5) is 5.69 Å². The Morgan fingerprint density at radius 1 is 1.05 bits per heavy atom. The number of nitrogens with zero attached hydrogens (tertiary/aromatic N) is 1. The molecule has 0 atom stereocenters. The number of carbonyl (C=O) groups is 1. The van der Waals surface area contributed by atoms with E-state index in [-0.39, 0.29) is 0 Å². The molecule has 0 aliphatic heterocycles. The van der Waals surface area contributed by atoms with Crippen LogP contribution in [-0.2, 0) is 16.0 Å². The maximum absolute atomic E-state index is 8.00. The van der Waals surface area contributed by atoms with Crippen molar-refractivity contribution in [2.45, 2.75) is 13.3 Å². The summed E-state index contributed by atoms with van der Waals surface area (Å²) in [5, 5.41) is 0. The highest BCUT2D eigenvalue weighted by Gasteiger charge is 2.04. The first-order chi connectivity index (χ1) is 9.85. The largest absolute Gasteiger partial charge is 0.481 e. The van der Waals surface area contributed by atoms with E-state index >= 15 is 0 Å². The van der Waals surface area contributed by atoms with Gasteiger partial charge in [0.25, 0.3) is 0 Å². The molecule has 0 saturated heterocycles. The van der Waals surface area contributed by atoms with Crippen molar-refractivity contribution in [2.24, 2.45) is 4.99 Å². The maximum atomic E-state index is 8.00. The number of hydrogen-bond donors (Lipinski definition) is 0. The number of rotatable bonds is 3. The summed E-state index contributed by atoms with van der Waals surface area (Å²) in [6, 6.07) is 18.1. The van der Waals surface area contributed by atoms with Gasteiger partial charge >= 0.3 is 0 Å². The molecule has 2 rings (SSSR count). The summed E-state index contributed by atoms with van der Waals surface area (Å²) in [7, 11) is 1.65. The summed E-state index contributed by atoms with van der Waals surface area (Å²) in [4.78, 5) is 12.6. The zero-order valence-corrected chi connectivity index (χ0v) is 11.9. The molecular formula is C17H19NO2. The normalized spacial score (nSPS) is 10.4. The van der Waals surface area contributed by atoms with Gasteiger partial charge < -0.3 is 9.53 Å². The van der Waals surface area contributed by atoms with Gasteiger partial charge in [-0.2, -0.15) is 0 Å². The fourth-order valence-corrected chi connectivity index (χ4v) is 1.84. The van der Waals surface area contributed by atoms with E-state index in [1.165, 1.54) is 5.56 Å². The minimum atomic E-state index is 0.650. The number of aliphatic imine (C=N–C) groups is 1. The fraction of sp³-hybridized carbons (Fsp3) is 0.176. The zero-order valence-electron chi connectivity index (χ0n) is 11.9. The quantitative estimate of drug-likeness (QED) is 0.628. The van der Waals surface area contributed by atoms with Gasteiger partial charge in [0.05, 0.1) is 12.8 Å². The van der Waals surface area contributed by atoms with E-state index in [1.54, 1.807) is 7.11 Å². The monoisotopic (exact) mass is 269 g/mol. The molecule has 3 heteroatoms. The van der Waals surface area contributed by atoms with Gasteiger partial charge in [0.1, 0.15) is 6.79 Å². The van der Waals surface area contributed by atoms with Crippen LogP contribution in [0.5, 0.6) is 0 Å². The van der Waals surface area contributed by atoms with Crippen LogP contribution in [-0.4, -0.2) is 19.8 Å². The third-order valence-electron chi connectivity index (χ3n) is 2.81. The van der Waals surface area contributed by atoms with Crippen LogP contribution in [0, 0.1) is 0 Å².